The standard InChI is InChI=1S/C15H18F2N2O3S/c16-12-4-3-10(6-13(12)17)8-23(22)9-14(20)19-5-1-2-11(7-19)15(18)21/h3-4,6,11H,1-2,5,7-9H2,(H2,18,21). The predicted octanol–water partition coefficient (Wildman–Crippen LogP) is 0.937. The minimum absolute atomic E-state index is 0.0317. The Bertz CT molecular complexity index is 639. The van der Waals surface area contributed by atoms with Gasteiger partial charge in [-0.3, -0.25) is 13.8 Å². The summed E-state index contributed by atoms with van der Waals surface area (Å²) in [6.07, 6.45) is 1.33. The number of amides is 2. The Morgan fingerprint density at radius 1 is 1.30 bits per heavy atom. The molecule has 1 saturated heterocycles. The zero-order chi connectivity index (χ0) is 17.0. The second-order valence-corrected chi connectivity index (χ2v) is 7.02. The summed E-state index contributed by atoms with van der Waals surface area (Å²) in [4.78, 5) is 24.8. The molecule has 0 radical (unpaired) electrons. The van der Waals surface area contributed by atoms with Crippen molar-refractivity contribution in [3.05, 3.63) is 35.4 Å². The first-order valence-electron chi connectivity index (χ1n) is 7.23. The molecule has 1 aliphatic rings. The van der Waals surface area contributed by atoms with Gasteiger partial charge < -0.3 is 10.6 Å². The third kappa shape index (κ3) is 4.82. The maximum Gasteiger partial charge on any atom is 0.235 e. The number of carbonyl (C=O) groups excluding carboxylic acids is 2. The van der Waals surface area contributed by atoms with E-state index in [1.54, 1.807) is 0 Å². The van der Waals surface area contributed by atoms with Gasteiger partial charge in [0.15, 0.2) is 11.6 Å². The summed E-state index contributed by atoms with van der Waals surface area (Å²) in [6, 6.07) is 3.28. The van der Waals surface area contributed by atoms with Crippen LogP contribution in [0.2, 0.25) is 0 Å². The van der Waals surface area contributed by atoms with E-state index in [4.69, 9.17) is 5.73 Å². The molecule has 0 aromatic heterocycles. The predicted molar refractivity (Wildman–Crippen MR) is 81.6 cm³/mol. The van der Waals surface area contributed by atoms with Crippen molar-refractivity contribution in [2.75, 3.05) is 18.8 Å². The molecule has 2 amide bonds. The lowest BCUT2D eigenvalue weighted by molar-refractivity contribution is -0.132. The van der Waals surface area contributed by atoms with Crippen LogP contribution in [0.15, 0.2) is 18.2 Å². The number of rotatable bonds is 5. The van der Waals surface area contributed by atoms with E-state index < -0.39 is 28.3 Å². The van der Waals surface area contributed by atoms with E-state index in [1.165, 1.54) is 11.0 Å². The van der Waals surface area contributed by atoms with Gasteiger partial charge >= 0.3 is 0 Å². The van der Waals surface area contributed by atoms with Crippen molar-refractivity contribution in [2.45, 2.75) is 18.6 Å². The summed E-state index contributed by atoms with van der Waals surface area (Å²) >= 11 is 0. The van der Waals surface area contributed by atoms with Crippen LogP contribution in [0.3, 0.4) is 0 Å². The molecule has 2 rings (SSSR count). The zero-order valence-corrected chi connectivity index (χ0v) is 13.3. The number of likely N-dealkylation sites (tertiary alicyclic amines) is 1. The number of nitrogens with two attached hydrogens (primary N) is 1. The number of hydrogen-bond acceptors (Lipinski definition) is 3. The molecule has 1 aromatic carbocycles. The van der Waals surface area contributed by atoms with Crippen LogP contribution < -0.4 is 5.73 Å². The molecule has 2 atom stereocenters. The Labute approximate surface area is 135 Å². The van der Waals surface area contributed by atoms with Gasteiger partial charge in [-0.25, -0.2) is 8.78 Å². The molecule has 1 aliphatic heterocycles. The minimum Gasteiger partial charge on any atom is -0.369 e. The van der Waals surface area contributed by atoms with Crippen molar-refractivity contribution in [3.63, 3.8) is 0 Å². The lowest BCUT2D eigenvalue weighted by Crippen LogP contribution is -2.45. The second-order valence-electron chi connectivity index (χ2n) is 5.56. The van der Waals surface area contributed by atoms with E-state index in [9.17, 15) is 22.6 Å². The molecule has 1 aromatic rings. The summed E-state index contributed by atoms with van der Waals surface area (Å²) in [7, 11) is -1.54. The first-order chi connectivity index (χ1) is 10.9. The molecule has 0 aliphatic carbocycles. The summed E-state index contributed by atoms with van der Waals surface area (Å²) in [5.74, 6) is -3.36. The highest BCUT2D eigenvalue weighted by atomic mass is 32.2. The number of nitrogens with zero attached hydrogens (tertiary/aromatic N) is 1. The summed E-state index contributed by atoms with van der Waals surface area (Å²) < 4.78 is 38.0. The molecule has 23 heavy (non-hydrogen) atoms. The van der Waals surface area contributed by atoms with Crippen LogP contribution in [-0.4, -0.2) is 39.8 Å². The van der Waals surface area contributed by atoms with Crippen LogP contribution >= 0.6 is 0 Å². The summed E-state index contributed by atoms with van der Waals surface area (Å²) in [6.45, 7) is 0.752. The van der Waals surface area contributed by atoms with Gasteiger partial charge in [0.1, 0.15) is 5.75 Å². The average Bonchev–Trinajstić information content (AvgIpc) is 2.51. The number of hydrogen-bond donors (Lipinski definition) is 1. The van der Waals surface area contributed by atoms with Crippen molar-refractivity contribution in [1.29, 1.82) is 0 Å². The van der Waals surface area contributed by atoms with E-state index in [2.05, 4.69) is 0 Å². The van der Waals surface area contributed by atoms with E-state index in [0.29, 0.717) is 24.9 Å². The lowest BCUT2D eigenvalue weighted by Gasteiger charge is -2.31. The lowest BCUT2D eigenvalue weighted by atomic mass is 9.97. The van der Waals surface area contributed by atoms with Crippen LogP contribution in [-0.2, 0) is 26.1 Å². The molecule has 0 saturated carbocycles. The Kier molecular flexibility index (Phi) is 5.81. The fraction of sp³-hybridized carbons (Fsp3) is 0.467. The first-order valence-corrected chi connectivity index (χ1v) is 8.71. The highest BCUT2D eigenvalue weighted by molar-refractivity contribution is 7.84. The summed E-state index contributed by atoms with van der Waals surface area (Å²) in [5, 5.41) is 0. The van der Waals surface area contributed by atoms with Crippen molar-refractivity contribution in [1.82, 2.24) is 4.90 Å². The Morgan fingerprint density at radius 3 is 2.70 bits per heavy atom. The fourth-order valence-corrected chi connectivity index (χ4v) is 3.64. The van der Waals surface area contributed by atoms with Crippen molar-refractivity contribution < 1.29 is 22.6 Å². The fourth-order valence-electron chi connectivity index (χ4n) is 2.53. The van der Waals surface area contributed by atoms with E-state index in [0.717, 1.165) is 12.1 Å². The Morgan fingerprint density at radius 2 is 2.04 bits per heavy atom. The van der Waals surface area contributed by atoms with E-state index in [1.807, 2.05) is 0 Å². The van der Waals surface area contributed by atoms with E-state index in [-0.39, 0.29) is 29.9 Å². The monoisotopic (exact) mass is 344 g/mol. The van der Waals surface area contributed by atoms with Gasteiger partial charge in [-0.05, 0) is 30.5 Å². The topological polar surface area (TPSA) is 80.5 Å². The van der Waals surface area contributed by atoms with Gasteiger partial charge in [0, 0.05) is 29.6 Å². The molecule has 126 valence electrons. The molecule has 8 heteroatoms. The highest BCUT2D eigenvalue weighted by Gasteiger charge is 2.27. The van der Waals surface area contributed by atoms with Gasteiger partial charge in [-0.1, -0.05) is 6.07 Å². The quantitative estimate of drug-likeness (QED) is 0.863. The third-order valence-electron chi connectivity index (χ3n) is 3.77. The van der Waals surface area contributed by atoms with Gasteiger partial charge in [0.05, 0.1) is 5.92 Å². The zero-order valence-electron chi connectivity index (χ0n) is 12.5. The molecular formula is C15H18F2N2O3S. The maximum atomic E-state index is 13.1. The van der Waals surface area contributed by atoms with Crippen LogP contribution in [0.25, 0.3) is 0 Å². The Hall–Kier alpha value is -1.83. The first kappa shape index (κ1) is 17.5. The van der Waals surface area contributed by atoms with Crippen LogP contribution in [0.4, 0.5) is 8.78 Å². The average molecular weight is 344 g/mol. The van der Waals surface area contributed by atoms with Crippen LogP contribution in [0.1, 0.15) is 18.4 Å². The molecule has 2 unspecified atom stereocenters. The molecule has 0 spiro atoms. The van der Waals surface area contributed by atoms with Gasteiger partial charge in [-0.2, -0.15) is 0 Å². The largest absolute Gasteiger partial charge is 0.369 e. The number of halogens is 2. The van der Waals surface area contributed by atoms with Gasteiger partial charge in [0.2, 0.25) is 11.8 Å². The number of carbonyl (C=O) groups is 2. The number of piperidine rings is 1. The third-order valence-corrected chi connectivity index (χ3v) is 5.00. The van der Waals surface area contributed by atoms with Crippen LogP contribution in [0, 0.1) is 17.6 Å². The van der Waals surface area contributed by atoms with E-state index >= 15 is 0 Å². The molecule has 0 bridgehead atoms. The highest BCUT2D eigenvalue weighted by Crippen LogP contribution is 2.17. The minimum atomic E-state index is -1.54. The SMILES string of the molecule is NC(=O)C1CCCN(C(=O)CS(=O)Cc2ccc(F)c(F)c2)C1. The van der Waals surface area contributed by atoms with Crippen molar-refractivity contribution in [2.24, 2.45) is 11.7 Å². The van der Waals surface area contributed by atoms with Crippen molar-refractivity contribution in [3.8, 4) is 0 Å². The Balaban J connectivity index is 1.90. The normalized spacial score (nSPS) is 19.4. The number of benzene rings is 1. The molecule has 5 nitrogen and oxygen atoms in total. The summed E-state index contributed by atoms with van der Waals surface area (Å²) in [5.41, 5.74) is 5.62. The number of primary amides is 1. The molecular weight excluding hydrogens is 326 g/mol. The van der Waals surface area contributed by atoms with Gasteiger partial charge in [0.25, 0.3) is 0 Å². The molecule has 1 heterocycles. The van der Waals surface area contributed by atoms with Crippen LogP contribution in [0.5, 0.6) is 0 Å². The second kappa shape index (κ2) is 7.63. The van der Waals surface area contributed by atoms with Gasteiger partial charge in [-0.15, -0.1) is 0 Å². The molecule has 2 N–H and O–H groups in total. The smallest absolute Gasteiger partial charge is 0.235 e. The molecule has 1 fully saturated rings. The van der Waals surface area contributed by atoms with Crippen molar-refractivity contribution >= 4 is 22.6 Å². The maximum absolute atomic E-state index is 13.1.